The minimum atomic E-state index is -0.138. The Morgan fingerprint density at radius 1 is 1.16 bits per heavy atom. The monoisotopic (exact) mass is 302 g/mol. The molecular formula is C13H16Cl2N2O2. The lowest BCUT2D eigenvalue weighted by Gasteiger charge is -2.07. The van der Waals surface area contributed by atoms with Crippen LogP contribution in [0.4, 0.5) is 0 Å². The van der Waals surface area contributed by atoms with Gasteiger partial charge >= 0.3 is 0 Å². The lowest BCUT2D eigenvalue weighted by atomic mass is 10.1. The molecule has 2 N–H and O–H groups in total. The van der Waals surface area contributed by atoms with Gasteiger partial charge in [0.05, 0.1) is 0 Å². The van der Waals surface area contributed by atoms with E-state index in [1.165, 1.54) is 6.92 Å². The molecular weight excluding hydrogens is 287 g/mol. The quantitative estimate of drug-likeness (QED) is 0.846. The molecule has 0 aliphatic heterocycles. The predicted octanol–water partition coefficient (Wildman–Crippen LogP) is 2.18. The van der Waals surface area contributed by atoms with Crippen LogP contribution in [0.2, 0.25) is 10.0 Å². The third kappa shape index (κ3) is 6.45. The van der Waals surface area contributed by atoms with Crippen molar-refractivity contribution in [1.82, 2.24) is 10.6 Å². The molecule has 0 bridgehead atoms. The molecule has 0 unspecified atom stereocenters. The van der Waals surface area contributed by atoms with Crippen molar-refractivity contribution < 1.29 is 9.59 Å². The average Bonchev–Trinajstić information content (AvgIpc) is 2.31. The molecule has 104 valence electrons. The molecule has 19 heavy (non-hydrogen) atoms. The summed E-state index contributed by atoms with van der Waals surface area (Å²) in [5, 5.41) is 6.52. The van der Waals surface area contributed by atoms with Crippen molar-refractivity contribution in [1.29, 1.82) is 0 Å². The van der Waals surface area contributed by atoms with Crippen LogP contribution >= 0.6 is 23.2 Å². The molecule has 0 saturated carbocycles. The first kappa shape index (κ1) is 15.8. The second-order valence-corrected chi connectivity index (χ2v) is 4.91. The first-order valence-electron chi connectivity index (χ1n) is 5.94. The van der Waals surface area contributed by atoms with Crippen molar-refractivity contribution in [2.75, 3.05) is 13.1 Å². The summed E-state index contributed by atoms with van der Waals surface area (Å²) < 4.78 is 0. The molecule has 0 heterocycles. The van der Waals surface area contributed by atoms with Crippen LogP contribution in [0.3, 0.4) is 0 Å². The van der Waals surface area contributed by atoms with Gasteiger partial charge in [0.1, 0.15) is 0 Å². The van der Waals surface area contributed by atoms with Gasteiger partial charge < -0.3 is 10.6 Å². The normalized spacial score (nSPS) is 10.1. The molecule has 0 atom stereocenters. The summed E-state index contributed by atoms with van der Waals surface area (Å²) in [6.45, 7) is 2.27. The molecule has 6 heteroatoms. The topological polar surface area (TPSA) is 58.2 Å². The lowest BCUT2D eigenvalue weighted by Crippen LogP contribution is -2.30. The van der Waals surface area contributed by atoms with Gasteiger partial charge in [0.15, 0.2) is 0 Å². The Hall–Kier alpha value is -1.26. The Labute approximate surface area is 122 Å². The molecule has 1 aromatic carbocycles. The number of benzene rings is 1. The van der Waals surface area contributed by atoms with Gasteiger partial charge in [0.25, 0.3) is 0 Å². The Bertz CT molecular complexity index is 464. The van der Waals surface area contributed by atoms with E-state index in [4.69, 9.17) is 23.2 Å². The number of amides is 2. The summed E-state index contributed by atoms with van der Waals surface area (Å²) in [6, 6.07) is 5.28. The Kier molecular flexibility index (Phi) is 6.67. The van der Waals surface area contributed by atoms with Crippen LogP contribution in [-0.4, -0.2) is 24.9 Å². The van der Waals surface area contributed by atoms with Crippen LogP contribution in [-0.2, 0) is 16.0 Å². The zero-order chi connectivity index (χ0) is 14.3. The Morgan fingerprint density at radius 3 is 2.53 bits per heavy atom. The zero-order valence-electron chi connectivity index (χ0n) is 10.6. The van der Waals surface area contributed by atoms with Gasteiger partial charge in [-0.05, 0) is 24.1 Å². The van der Waals surface area contributed by atoms with Crippen molar-refractivity contribution in [2.45, 2.75) is 19.8 Å². The third-order valence-electron chi connectivity index (χ3n) is 2.46. The van der Waals surface area contributed by atoms with Crippen LogP contribution in [0, 0.1) is 0 Å². The van der Waals surface area contributed by atoms with Gasteiger partial charge in [-0.15, -0.1) is 0 Å². The summed E-state index contributed by atoms with van der Waals surface area (Å²) in [5.74, 6) is -0.236. The van der Waals surface area contributed by atoms with E-state index >= 15 is 0 Å². The lowest BCUT2D eigenvalue weighted by molar-refractivity contribution is -0.121. The van der Waals surface area contributed by atoms with E-state index in [1.54, 1.807) is 12.1 Å². The van der Waals surface area contributed by atoms with Gasteiger partial charge in [-0.3, -0.25) is 9.59 Å². The summed E-state index contributed by atoms with van der Waals surface area (Å²) in [4.78, 5) is 22.1. The van der Waals surface area contributed by atoms with Crippen molar-refractivity contribution in [3.05, 3.63) is 33.8 Å². The molecule has 0 saturated heterocycles. The molecule has 0 aliphatic carbocycles. The molecule has 4 nitrogen and oxygen atoms in total. The summed E-state index contributed by atoms with van der Waals surface area (Å²) >= 11 is 11.8. The highest BCUT2D eigenvalue weighted by molar-refractivity contribution is 6.35. The number of nitrogens with one attached hydrogen (secondary N) is 2. The smallest absolute Gasteiger partial charge is 0.221 e. The van der Waals surface area contributed by atoms with Crippen LogP contribution in [0.1, 0.15) is 18.9 Å². The number of rotatable bonds is 6. The molecule has 0 aliphatic rings. The standard InChI is InChI=1S/C13H16Cl2N2O2/c1-9(18)16-7-5-13(19)17-6-4-10-2-3-11(14)8-12(10)15/h2-3,8H,4-7H2,1H3,(H,16,18)(H,17,19). The fraction of sp³-hybridized carbons (Fsp3) is 0.385. The van der Waals surface area contributed by atoms with E-state index in [1.807, 2.05) is 6.07 Å². The first-order chi connectivity index (χ1) is 8.99. The number of halogens is 2. The van der Waals surface area contributed by atoms with Crippen molar-refractivity contribution >= 4 is 35.0 Å². The van der Waals surface area contributed by atoms with E-state index in [0.29, 0.717) is 29.6 Å². The van der Waals surface area contributed by atoms with Crippen LogP contribution < -0.4 is 10.6 Å². The molecule has 1 aromatic rings. The van der Waals surface area contributed by atoms with E-state index < -0.39 is 0 Å². The second-order valence-electron chi connectivity index (χ2n) is 4.07. The zero-order valence-corrected chi connectivity index (χ0v) is 12.1. The fourth-order valence-corrected chi connectivity index (χ4v) is 2.00. The van der Waals surface area contributed by atoms with Gasteiger partial charge in [-0.1, -0.05) is 29.3 Å². The van der Waals surface area contributed by atoms with Gasteiger partial charge in [0, 0.05) is 36.5 Å². The highest BCUT2D eigenvalue weighted by Gasteiger charge is 2.04. The highest BCUT2D eigenvalue weighted by Crippen LogP contribution is 2.20. The minimum Gasteiger partial charge on any atom is -0.356 e. The predicted molar refractivity (Wildman–Crippen MR) is 76.5 cm³/mol. The maximum absolute atomic E-state index is 11.4. The van der Waals surface area contributed by atoms with Crippen LogP contribution in [0.25, 0.3) is 0 Å². The molecule has 0 radical (unpaired) electrons. The highest BCUT2D eigenvalue weighted by atomic mass is 35.5. The maximum Gasteiger partial charge on any atom is 0.221 e. The minimum absolute atomic E-state index is 0.0983. The van der Waals surface area contributed by atoms with Crippen molar-refractivity contribution in [3.8, 4) is 0 Å². The SMILES string of the molecule is CC(=O)NCCC(=O)NCCc1ccc(Cl)cc1Cl. The maximum atomic E-state index is 11.4. The number of carbonyl (C=O) groups is 2. The summed E-state index contributed by atoms with van der Waals surface area (Å²) in [7, 11) is 0. The summed E-state index contributed by atoms with van der Waals surface area (Å²) in [6.07, 6.45) is 0.913. The molecule has 1 rings (SSSR count). The molecule has 2 amide bonds. The Morgan fingerprint density at radius 2 is 1.89 bits per heavy atom. The fourth-order valence-electron chi connectivity index (χ4n) is 1.50. The third-order valence-corrected chi connectivity index (χ3v) is 3.04. The van der Waals surface area contributed by atoms with E-state index in [9.17, 15) is 9.59 Å². The number of carbonyl (C=O) groups excluding carboxylic acids is 2. The number of hydrogen-bond acceptors (Lipinski definition) is 2. The van der Waals surface area contributed by atoms with Crippen molar-refractivity contribution in [2.24, 2.45) is 0 Å². The average molecular weight is 303 g/mol. The van der Waals surface area contributed by atoms with E-state index in [0.717, 1.165) is 5.56 Å². The molecule has 0 spiro atoms. The van der Waals surface area contributed by atoms with E-state index in [2.05, 4.69) is 10.6 Å². The molecule has 0 aromatic heterocycles. The number of hydrogen-bond donors (Lipinski definition) is 2. The van der Waals surface area contributed by atoms with E-state index in [-0.39, 0.29) is 18.2 Å². The van der Waals surface area contributed by atoms with Crippen LogP contribution in [0.15, 0.2) is 18.2 Å². The first-order valence-corrected chi connectivity index (χ1v) is 6.69. The van der Waals surface area contributed by atoms with Gasteiger partial charge in [0.2, 0.25) is 11.8 Å². The summed E-state index contributed by atoms with van der Waals surface area (Å²) in [5.41, 5.74) is 0.938. The van der Waals surface area contributed by atoms with Crippen LogP contribution in [0.5, 0.6) is 0 Å². The van der Waals surface area contributed by atoms with Gasteiger partial charge in [-0.2, -0.15) is 0 Å². The van der Waals surface area contributed by atoms with Crippen molar-refractivity contribution in [3.63, 3.8) is 0 Å². The largest absolute Gasteiger partial charge is 0.356 e. The van der Waals surface area contributed by atoms with Gasteiger partial charge in [-0.25, -0.2) is 0 Å². The second kappa shape index (κ2) is 8.02. The Balaban J connectivity index is 2.26. The molecule has 0 fully saturated rings.